The lowest BCUT2D eigenvalue weighted by atomic mass is 10.1. The minimum atomic E-state index is -0.662. The fourth-order valence-electron chi connectivity index (χ4n) is 1.53. The van der Waals surface area contributed by atoms with Crippen molar-refractivity contribution in [2.75, 3.05) is 18.0 Å². The summed E-state index contributed by atoms with van der Waals surface area (Å²) in [6, 6.07) is 1.98. The van der Waals surface area contributed by atoms with Gasteiger partial charge in [0, 0.05) is 0 Å². The zero-order chi connectivity index (χ0) is 14.6. The van der Waals surface area contributed by atoms with Gasteiger partial charge < -0.3 is 16.4 Å². The number of rotatable bonds is 5. The highest BCUT2D eigenvalue weighted by atomic mass is 16.2. The maximum absolute atomic E-state index is 11.0. The van der Waals surface area contributed by atoms with Crippen LogP contribution in [0.15, 0.2) is 0 Å². The fraction of sp³-hybridized carbons (Fsp3) is 0.364. The zero-order valence-electron chi connectivity index (χ0n) is 10.7. The Hall–Kier alpha value is -2.69. The Labute approximate surface area is 110 Å². The Morgan fingerprint density at radius 3 is 2.16 bits per heavy atom. The normalized spacial score (nSPS) is 9.74. The predicted octanol–water partition coefficient (Wildman–Crippen LogP) is -1.26. The second-order valence-corrected chi connectivity index (χ2v) is 4.01. The number of nitrogens with two attached hydrogens (primary N) is 2. The van der Waals surface area contributed by atoms with E-state index in [4.69, 9.17) is 16.7 Å². The molecule has 8 heteroatoms. The van der Waals surface area contributed by atoms with Crippen LogP contribution in [0.5, 0.6) is 0 Å². The highest BCUT2D eigenvalue weighted by Crippen LogP contribution is 2.20. The van der Waals surface area contributed by atoms with Gasteiger partial charge >= 0.3 is 0 Å². The number of primary amides is 2. The summed E-state index contributed by atoms with van der Waals surface area (Å²) in [5.41, 5.74) is 11.7. The molecule has 0 saturated carbocycles. The molecule has 1 heterocycles. The molecule has 0 atom stereocenters. The molecule has 0 fully saturated rings. The van der Waals surface area contributed by atoms with Gasteiger partial charge in [-0.15, -0.1) is 5.10 Å². The van der Waals surface area contributed by atoms with E-state index in [1.54, 1.807) is 13.8 Å². The maximum Gasteiger partial charge on any atom is 0.237 e. The van der Waals surface area contributed by atoms with Crippen molar-refractivity contribution in [3.8, 4) is 6.07 Å². The minimum Gasteiger partial charge on any atom is -0.368 e. The fourth-order valence-corrected chi connectivity index (χ4v) is 1.53. The summed E-state index contributed by atoms with van der Waals surface area (Å²) >= 11 is 0. The first-order valence-corrected chi connectivity index (χ1v) is 5.42. The molecular formula is C11H14N6O2. The van der Waals surface area contributed by atoms with Crippen LogP contribution in [-0.2, 0) is 9.59 Å². The molecule has 0 aromatic carbocycles. The number of hydrogen-bond donors (Lipinski definition) is 2. The molecule has 100 valence electrons. The molecule has 1 aromatic rings. The second-order valence-electron chi connectivity index (χ2n) is 4.01. The van der Waals surface area contributed by atoms with E-state index in [-0.39, 0.29) is 24.5 Å². The lowest BCUT2D eigenvalue weighted by Gasteiger charge is -2.21. The number of hydrogen-bond acceptors (Lipinski definition) is 6. The molecule has 4 N–H and O–H groups in total. The van der Waals surface area contributed by atoms with Crippen LogP contribution in [-0.4, -0.2) is 35.1 Å². The molecule has 0 saturated heterocycles. The molecule has 0 aliphatic heterocycles. The highest BCUT2D eigenvalue weighted by molar-refractivity contribution is 5.85. The van der Waals surface area contributed by atoms with Crippen molar-refractivity contribution in [2.45, 2.75) is 13.8 Å². The van der Waals surface area contributed by atoms with Crippen LogP contribution in [0.4, 0.5) is 5.82 Å². The number of anilines is 1. The minimum absolute atomic E-state index is 0.128. The summed E-state index contributed by atoms with van der Waals surface area (Å²) in [5.74, 6) is -1.20. The Balaban J connectivity index is 3.30. The Bertz CT molecular complexity index is 547. The van der Waals surface area contributed by atoms with Gasteiger partial charge in [0.1, 0.15) is 11.6 Å². The summed E-state index contributed by atoms with van der Waals surface area (Å²) in [5, 5.41) is 16.9. The topological polar surface area (TPSA) is 139 Å². The van der Waals surface area contributed by atoms with Crippen LogP contribution in [0.1, 0.15) is 16.8 Å². The molecule has 0 spiro atoms. The number of amides is 2. The van der Waals surface area contributed by atoms with Crippen LogP contribution < -0.4 is 16.4 Å². The van der Waals surface area contributed by atoms with Crippen molar-refractivity contribution in [1.82, 2.24) is 10.2 Å². The highest BCUT2D eigenvalue weighted by Gasteiger charge is 2.20. The molecule has 0 unspecified atom stereocenters. The third-order valence-corrected chi connectivity index (χ3v) is 2.54. The Morgan fingerprint density at radius 1 is 1.21 bits per heavy atom. The van der Waals surface area contributed by atoms with E-state index in [9.17, 15) is 9.59 Å². The van der Waals surface area contributed by atoms with Crippen molar-refractivity contribution in [3.05, 3.63) is 16.8 Å². The number of nitriles is 1. The van der Waals surface area contributed by atoms with Crippen molar-refractivity contribution < 1.29 is 9.59 Å². The van der Waals surface area contributed by atoms with E-state index in [1.807, 2.05) is 6.07 Å². The van der Waals surface area contributed by atoms with Gasteiger partial charge in [0.05, 0.1) is 18.8 Å². The first-order valence-electron chi connectivity index (χ1n) is 5.42. The third-order valence-electron chi connectivity index (χ3n) is 2.54. The molecule has 0 aliphatic rings. The van der Waals surface area contributed by atoms with Gasteiger partial charge in [0.2, 0.25) is 11.8 Å². The molecule has 0 aliphatic carbocycles. The molecular weight excluding hydrogens is 248 g/mol. The summed E-state index contributed by atoms with van der Waals surface area (Å²) < 4.78 is 0. The monoisotopic (exact) mass is 262 g/mol. The molecule has 0 bridgehead atoms. The molecule has 1 rings (SSSR count). The summed E-state index contributed by atoms with van der Waals surface area (Å²) in [4.78, 5) is 23.3. The van der Waals surface area contributed by atoms with Crippen LogP contribution in [0, 0.1) is 25.2 Å². The van der Waals surface area contributed by atoms with Crippen LogP contribution in [0.3, 0.4) is 0 Å². The van der Waals surface area contributed by atoms with Crippen molar-refractivity contribution in [1.29, 1.82) is 5.26 Å². The van der Waals surface area contributed by atoms with Gasteiger partial charge in [-0.25, -0.2) is 0 Å². The summed E-state index contributed by atoms with van der Waals surface area (Å²) in [6.07, 6.45) is 0. The predicted molar refractivity (Wildman–Crippen MR) is 66.8 cm³/mol. The van der Waals surface area contributed by atoms with E-state index < -0.39 is 11.8 Å². The summed E-state index contributed by atoms with van der Waals surface area (Å²) in [7, 11) is 0. The van der Waals surface area contributed by atoms with E-state index in [0.717, 1.165) is 0 Å². The maximum atomic E-state index is 11.0. The first-order chi connectivity index (χ1) is 8.86. The Morgan fingerprint density at radius 2 is 1.74 bits per heavy atom. The lowest BCUT2D eigenvalue weighted by molar-refractivity contribution is -0.117. The smallest absolute Gasteiger partial charge is 0.237 e. The SMILES string of the molecule is Cc1nnc(N(CC(N)=O)CC(N)=O)c(C#N)c1C. The molecule has 19 heavy (non-hydrogen) atoms. The largest absolute Gasteiger partial charge is 0.368 e. The lowest BCUT2D eigenvalue weighted by Crippen LogP contribution is -2.40. The van der Waals surface area contributed by atoms with Crippen LogP contribution in [0.2, 0.25) is 0 Å². The number of nitrogens with zero attached hydrogens (tertiary/aromatic N) is 4. The number of aromatic nitrogens is 2. The zero-order valence-corrected chi connectivity index (χ0v) is 10.7. The average molecular weight is 262 g/mol. The molecule has 1 aromatic heterocycles. The van der Waals surface area contributed by atoms with Gasteiger partial charge in [-0.05, 0) is 19.4 Å². The van der Waals surface area contributed by atoms with E-state index in [2.05, 4.69) is 10.2 Å². The van der Waals surface area contributed by atoms with Gasteiger partial charge in [-0.1, -0.05) is 0 Å². The van der Waals surface area contributed by atoms with E-state index >= 15 is 0 Å². The third kappa shape index (κ3) is 3.38. The van der Waals surface area contributed by atoms with Crippen LogP contribution in [0.25, 0.3) is 0 Å². The van der Waals surface area contributed by atoms with Crippen LogP contribution >= 0.6 is 0 Å². The molecule has 2 amide bonds. The van der Waals surface area contributed by atoms with Crippen molar-refractivity contribution >= 4 is 17.6 Å². The summed E-state index contributed by atoms with van der Waals surface area (Å²) in [6.45, 7) is 2.88. The van der Waals surface area contributed by atoms with E-state index in [1.165, 1.54) is 4.90 Å². The van der Waals surface area contributed by atoms with Gasteiger partial charge in [-0.2, -0.15) is 10.4 Å². The van der Waals surface area contributed by atoms with E-state index in [0.29, 0.717) is 11.3 Å². The standard InChI is InChI=1S/C11H14N6O2/c1-6-7(2)15-16-11(8(6)3-12)17(4-9(13)18)5-10(14)19/h4-5H2,1-2H3,(H2,13,18)(H2,14,19). The second kappa shape index (κ2) is 5.77. The van der Waals surface area contributed by atoms with Crippen molar-refractivity contribution in [3.63, 3.8) is 0 Å². The first kappa shape index (κ1) is 14.4. The number of carbonyl (C=O) groups excluding carboxylic acids is 2. The Kier molecular flexibility index (Phi) is 4.36. The van der Waals surface area contributed by atoms with Crippen molar-refractivity contribution in [2.24, 2.45) is 11.5 Å². The van der Waals surface area contributed by atoms with Gasteiger partial charge in [-0.3, -0.25) is 9.59 Å². The van der Waals surface area contributed by atoms with Gasteiger partial charge in [0.25, 0.3) is 0 Å². The number of aryl methyl sites for hydroxylation is 1. The quantitative estimate of drug-likeness (QED) is 0.679. The molecule has 0 radical (unpaired) electrons. The van der Waals surface area contributed by atoms with Gasteiger partial charge in [0.15, 0.2) is 5.82 Å². The molecule has 8 nitrogen and oxygen atoms in total. The number of carbonyl (C=O) groups is 2. The average Bonchev–Trinajstić information content (AvgIpc) is 2.30.